The van der Waals surface area contributed by atoms with E-state index in [1.54, 1.807) is 20.8 Å². The number of amides is 1. The van der Waals surface area contributed by atoms with Crippen LogP contribution in [0.3, 0.4) is 0 Å². The fourth-order valence-electron chi connectivity index (χ4n) is 2.64. The molecule has 1 unspecified atom stereocenters. The van der Waals surface area contributed by atoms with Gasteiger partial charge in [-0.15, -0.1) is 11.3 Å². The Bertz CT molecular complexity index is 560. The zero-order valence-corrected chi connectivity index (χ0v) is 16.2. The molecule has 25 heavy (non-hydrogen) atoms. The van der Waals surface area contributed by atoms with Crippen LogP contribution in [0.25, 0.3) is 0 Å². The molecule has 0 bridgehead atoms. The predicted octanol–water partition coefficient (Wildman–Crippen LogP) is 3.20. The van der Waals surface area contributed by atoms with Crippen molar-refractivity contribution in [2.75, 3.05) is 26.7 Å². The molecule has 2 rings (SSSR count). The molecule has 1 atom stereocenters. The van der Waals surface area contributed by atoms with Crippen LogP contribution < -0.4 is 5.32 Å². The fraction of sp³-hybridized carbons (Fsp3) is 0.667. The van der Waals surface area contributed by atoms with Crippen LogP contribution in [-0.4, -0.2) is 49.3 Å². The zero-order chi connectivity index (χ0) is 18.4. The number of esters is 1. The van der Waals surface area contributed by atoms with Gasteiger partial charge in [-0.3, -0.25) is 0 Å². The Balaban J connectivity index is 1.93. The SMILES string of the molecule is CN1CCC(COC(=O)C(NC(=O)OC(C)(C)C)c2cccs2)CC1. The Labute approximate surface area is 153 Å². The average Bonchev–Trinajstić information content (AvgIpc) is 3.04. The van der Waals surface area contributed by atoms with Gasteiger partial charge < -0.3 is 19.7 Å². The van der Waals surface area contributed by atoms with Gasteiger partial charge in [0.05, 0.1) is 6.61 Å². The Morgan fingerprint density at radius 1 is 1.36 bits per heavy atom. The van der Waals surface area contributed by atoms with Gasteiger partial charge >= 0.3 is 12.1 Å². The Morgan fingerprint density at radius 3 is 2.60 bits per heavy atom. The van der Waals surface area contributed by atoms with Crippen LogP contribution in [0.15, 0.2) is 17.5 Å². The summed E-state index contributed by atoms with van der Waals surface area (Å²) >= 11 is 1.40. The van der Waals surface area contributed by atoms with Crippen LogP contribution in [0.1, 0.15) is 44.5 Å². The molecule has 1 N–H and O–H groups in total. The minimum Gasteiger partial charge on any atom is -0.464 e. The molecule has 7 heteroatoms. The van der Waals surface area contributed by atoms with Crippen LogP contribution >= 0.6 is 11.3 Å². The van der Waals surface area contributed by atoms with Crippen LogP contribution in [0.2, 0.25) is 0 Å². The van der Waals surface area contributed by atoms with Crippen molar-refractivity contribution in [1.29, 1.82) is 0 Å². The molecule has 0 radical (unpaired) electrons. The highest BCUT2D eigenvalue weighted by molar-refractivity contribution is 7.10. The van der Waals surface area contributed by atoms with Gasteiger partial charge in [-0.2, -0.15) is 0 Å². The first-order valence-corrected chi connectivity index (χ1v) is 9.50. The Hall–Kier alpha value is -1.60. The quantitative estimate of drug-likeness (QED) is 0.809. The largest absolute Gasteiger partial charge is 0.464 e. The first-order valence-electron chi connectivity index (χ1n) is 8.62. The Morgan fingerprint density at radius 2 is 2.04 bits per heavy atom. The summed E-state index contributed by atoms with van der Waals surface area (Å²) in [6.07, 6.45) is 1.42. The van der Waals surface area contributed by atoms with Gasteiger partial charge in [0.1, 0.15) is 5.60 Å². The van der Waals surface area contributed by atoms with E-state index in [-0.39, 0.29) is 0 Å². The molecule has 1 aliphatic rings. The molecule has 1 amide bonds. The van der Waals surface area contributed by atoms with Gasteiger partial charge in [0.2, 0.25) is 0 Å². The highest BCUT2D eigenvalue weighted by atomic mass is 32.1. The number of nitrogens with zero attached hydrogens (tertiary/aromatic N) is 1. The molecule has 1 aliphatic heterocycles. The Kier molecular flexibility index (Phi) is 6.84. The second-order valence-corrected chi connectivity index (χ2v) is 8.45. The number of ether oxygens (including phenoxy) is 2. The number of carbonyl (C=O) groups is 2. The minimum absolute atomic E-state index is 0.380. The lowest BCUT2D eigenvalue weighted by Gasteiger charge is -2.29. The third-order valence-corrected chi connectivity index (χ3v) is 4.96. The molecule has 2 heterocycles. The molecule has 0 aromatic carbocycles. The summed E-state index contributed by atoms with van der Waals surface area (Å²) in [7, 11) is 2.10. The van der Waals surface area contributed by atoms with Crippen molar-refractivity contribution >= 4 is 23.4 Å². The van der Waals surface area contributed by atoms with Crippen LogP contribution in [-0.2, 0) is 14.3 Å². The molecule has 140 valence electrons. The first kappa shape index (κ1) is 19.7. The monoisotopic (exact) mass is 368 g/mol. The molecule has 0 saturated carbocycles. The zero-order valence-electron chi connectivity index (χ0n) is 15.4. The van der Waals surface area contributed by atoms with Crippen molar-refractivity contribution in [2.24, 2.45) is 5.92 Å². The van der Waals surface area contributed by atoms with Crippen molar-refractivity contribution in [3.8, 4) is 0 Å². The molecule has 0 spiro atoms. The fourth-order valence-corrected chi connectivity index (χ4v) is 3.40. The maximum Gasteiger partial charge on any atom is 0.408 e. The molecule has 1 aromatic rings. The van der Waals surface area contributed by atoms with Crippen LogP contribution in [0, 0.1) is 5.92 Å². The number of carbonyl (C=O) groups excluding carboxylic acids is 2. The topological polar surface area (TPSA) is 67.9 Å². The average molecular weight is 368 g/mol. The molecular formula is C18H28N2O4S. The van der Waals surface area contributed by atoms with E-state index in [4.69, 9.17) is 9.47 Å². The van der Waals surface area contributed by atoms with Gasteiger partial charge in [0.25, 0.3) is 0 Å². The third kappa shape index (κ3) is 6.66. The smallest absolute Gasteiger partial charge is 0.408 e. The van der Waals surface area contributed by atoms with Gasteiger partial charge in [0.15, 0.2) is 6.04 Å². The van der Waals surface area contributed by atoms with E-state index in [9.17, 15) is 9.59 Å². The van der Waals surface area contributed by atoms with Gasteiger partial charge in [-0.1, -0.05) is 6.07 Å². The van der Waals surface area contributed by atoms with Gasteiger partial charge in [-0.05, 0) is 71.1 Å². The van der Waals surface area contributed by atoms with E-state index >= 15 is 0 Å². The lowest BCUT2D eigenvalue weighted by Crippen LogP contribution is -2.39. The second kappa shape index (κ2) is 8.67. The van der Waals surface area contributed by atoms with Crippen molar-refractivity contribution in [2.45, 2.75) is 45.3 Å². The number of nitrogens with one attached hydrogen (secondary N) is 1. The molecule has 1 saturated heterocycles. The number of rotatable bonds is 5. The maximum absolute atomic E-state index is 12.6. The van der Waals surface area contributed by atoms with Crippen molar-refractivity contribution in [3.63, 3.8) is 0 Å². The molecule has 6 nitrogen and oxygen atoms in total. The number of thiophene rings is 1. The standard InChI is InChI=1S/C18H28N2O4S/c1-18(2,3)24-17(22)19-15(14-6-5-11-25-14)16(21)23-12-13-7-9-20(4)10-8-13/h5-6,11,13,15H,7-10,12H2,1-4H3,(H,19,22). The van der Waals surface area contributed by atoms with Crippen molar-refractivity contribution in [3.05, 3.63) is 22.4 Å². The number of piperidine rings is 1. The highest BCUT2D eigenvalue weighted by Crippen LogP contribution is 2.23. The number of alkyl carbamates (subject to hydrolysis) is 1. The summed E-state index contributed by atoms with van der Waals surface area (Å²) in [5, 5.41) is 4.50. The molecular weight excluding hydrogens is 340 g/mol. The van der Waals surface area contributed by atoms with Crippen LogP contribution in [0.5, 0.6) is 0 Å². The lowest BCUT2D eigenvalue weighted by molar-refractivity contribution is -0.148. The summed E-state index contributed by atoms with van der Waals surface area (Å²) in [5.41, 5.74) is -0.623. The number of hydrogen-bond donors (Lipinski definition) is 1. The van der Waals surface area contributed by atoms with Gasteiger partial charge in [0, 0.05) is 4.88 Å². The minimum atomic E-state index is -0.832. The molecule has 0 aliphatic carbocycles. The number of likely N-dealkylation sites (tertiary alicyclic amines) is 1. The van der Waals surface area contributed by atoms with E-state index in [0.29, 0.717) is 12.5 Å². The summed E-state index contributed by atoms with van der Waals surface area (Å²) in [6, 6.07) is 2.82. The molecule has 1 fully saturated rings. The lowest BCUT2D eigenvalue weighted by atomic mass is 9.98. The maximum atomic E-state index is 12.6. The van der Waals surface area contributed by atoms with Crippen molar-refractivity contribution in [1.82, 2.24) is 10.2 Å². The summed E-state index contributed by atoms with van der Waals surface area (Å²) in [5.74, 6) is -0.0575. The predicted molar refractivity (Wildman–Crippen MR) is 97.6 cm³/mol. The van der Waals surface area contributed by atoms with Gasteiger partial charge in [-0.25, -0.2) is 9.59 Å². The summed E-state index contributed by atoms with van der Waals surface area (Å²) < 4.78 is 10.8. The van der Waals surface area contributed by atoms with E-state index < -0.39 is 23.7 Å². The van der Waals surface area contributed by atoms with E-state index in [2.05, 4.69) is 17.3 Å². The first-order chi connectivity index (χ1) is 11.7. The summed E-state index contributed by atoms with van der Waals surface area (Å²) in [6.45, 7) is 7.78. The summed E-state index contributed by atoms with van der Waals surface area (Å²) in [4.78, 5) is 27.6. The number of hydrogen-bond acceptors (Lipinski definition) is 6. The van der Waals surface area contributed by atoms with E-state index in [0.717, 1.165) is 30.8 Å². The second-order valence-electron chi connectivity index (χ2n) is 7.47. The van der Waals surface area contributed by atoms with Crippen LogP contribution in [0.4, 0.5) is 4.79 Å². The van der Waals surface area contributed by atoms with E-state index in [1.165, 1.54) is 11.3 Å². The highest BCUT2D eigenvalue weighted by Gasteiger charge is 2.29. The van der Waals surface area contributed by atoms with Crippen molar-refractivity contribution < 1.29 is 19.1 Å². The normalized spacial score (nSPS) is 17.8. The third-order valence-electron chi connectivity index (χ3n) is 4.02. The van der Waals surface area contributed by atoms with E-state index in [1.807, 2.05) is 17.5 Å². The molecule has 1 aromatic heterocycles.